The lowest BCUT2D eigenvalue weighted by Gasteiger charge is -2.37. The summed E-state index contributed by atoms with van der Waals surface area (Å²) >= 11 is 0. The first-order valence-electron chi connectivity index (χ1n) is 8.61. The Hall–Kier alpha value is -0.940. The van der Waals surface area contributed by atoms with Gasteiger partial charge in [-0.1, -0.05) is 0 Å². The molecule has 0 unspecified atom stereocenters. The predicted octanol–water partition coefficient (Wildman–Crippen LogP) is 0.575. The van der Waals surface area contributed by atoms with Crippen LogP contribution in [-0.4, -0.2) is 88.5 Å². The van der Waals surface area contributed by atoms with E-state index < -0.39 is 21.8 Å². The first kappa shape index (κ1) is 25.1. The molecule has 1 aliphatic heterocycles. The zero-order chi connectivity index (χ0) is 20.4. The maximum atomic E-state index is 11.8. The third kappa shape index (κ3) is 12.4. The lowest BCUT2D eigenvalue weighted by atomic mass is 10.0. The number of hydrogen-bond donors (Lipinski definition) is 2. The Labute approximate surface area is 157 Å². The third-order valence-corrected chi connectivity index (χ3v) is 4.06. The Bertz CT molecular complexity index is 505. The molecule has 0 aromatic carbocycles. The molecular formula is C16H34N2O7S. The minimum Gasteiger partial charge on any atom is -0.444 e. The van der Waals surface area contributed by atoms with E-state index in [2.05, 4.69) is 14.4 Å². The molecule has 0 spiro atoms. The molecule has 1 rings (SSSR count). The van der Waals surface area contributed by atoms with Crippen molar-refractivity contribution in [2.75, 3.05) is 46.2 Å². The molecule has 0 saturated carbocycles. The van der Waals surface area contributed by atoms with Crippen molar-refractivity contribution in [3.8, 4) is 0 Å². The number of piperidine rings is 1. The van der Waals surface area contributed by atoms with Crippen LogP contribution in [0.25, 0.3) is 0 Å². The van der Waals surface area contributed by atoms with Crippen LogP contribution < -0.4 is 5.32 Å². The number of carbonyl (C=O) groups excluding carboxylic acids is 1. The summed E-state index contributed by atoms with van der Waals surface area (Å²) in [4.78, 5) is 13.9. The number of likely N-dealkylation sites (tertiary alicyclic amines) is 1. The summed E-state index contributed by atoms with van der Waals surface area (Å²) in [7, 11) is -1.54. The van der Waals surface area contributed by atoms with Gasteiger partial charge in [0.15, 0.2) is 0 Å². The van der Waals surface area contributed by atoms with Crippen LogP contribution in [0.2, 0.25) is 0 Å². The number of carbonyl (C=O) groups is 1. The van der Waals surface area contributed by atoms with Crippen molar-refractivity contribution < 1.29 is 32.0 Å². The largest absolute Gasteiger partial charge is 0.444 e. The summed E-state index contributed by atoms with van der Waals surface area (Å²) in [5, 5.41) is 11.8. The summed E-state index contributed by atoms with van der Waals surface area (Å²) in [6.07, 6.45) is 1.33. The number of hydrogen-bond acceptors (Lipinski definition) is 8. The Kier molecular flexibility index (Phi) is 11.3. The number of nitrogens with one attached hydrogen (secondary N) is 1. The van der Waals surface area contributed by atoms with Crippen LogP contribution in [-0.2, 0) is 23.8 Å². The molecule has 9 nitrogen and oxygen atoms in total. The van der Waals surface area contributed by atoms with Crippen molar-refractivity contribution in [3.05, 3.63) is 0 Å². The van der Waals surface area contributed by atoms with Gasteiger partial charge in [-0.15, -0.1) is 0 Å². The van der Waals surface area contributed by atoms with Gasteiger partial charge in [0.1, 0.15) is 5.60 Å². The number of alkyl carbamates (subject to hydrolysis) is 1. The normalized spacial score (nSPS) is 21.5. The van der Waals surface area contributed by atoms with Gasteiger partial charge in [-0.25, -0.2) is 4.79 Å². The van der Waals surface area contributed by atoms with E-state index in [1.165, 1.54) is 0 Å². The number of amides is 1. The number of ether oxygens (including phenoxy) is 2. The zero-order valence-electron chi connectivity index (χ0n) is 16.6. The standard InChI is InChI=1S/C13H26N2O4.C3H8O3S/c1-13(2,3)19-12(17)14-10-5-6-15(7-8-16)9-11(10)18-4;1-3-6-7(2,4)5/h10-11,16H,5-9H2,1-4H3,(H,14,17);3H2,1-2H3/t10-,11+;/m0./s1. The highest BCUT2D eigenvalue weighted by atomic mass is 32.2. The Balaban J connectivity index is 0.000000758. The summed E-state index contributed by atoms with van der Waals surface area (Å²) in [5.41, 5.74) is -0.496. The van der Waals surface area contributed by atoms with Crippen LogP contribution >= 0.6 is 0 Å². The quantitative estimate of drug-likeness (QED) is 0.624. The van der Waals surface area contributed by atoms with Crippen molar-refractivity contribution >= 4 is 16.2 Å². The number of rotatable bonds is 6. The molecule has 2 N–H and O–H groups in total. The molecule has 10 heteroatoms. The van der Waals surface area contributed by atoms with Gasteiger partial charge in [0.25, 0.3) is 10.1 Å². The van der Waals surface area contributed by atoms with E-state index in [9.17, 15) is 13.2 Å². The Morgan fingerprint density at radius 2 is 1.96 bits per heavy atom. The topological polar surface area (TPSA) is 114 Å². The second-order valence-corrected chi connectivity index (χ2v) is 8.59. The minimum atomic E-state index is -3.17. The van der Waals surface area contributed by atoms with Crippen molar-refractivity contribution in [2.45, 2.75) is 51.9 Å². The first-order chi connectivity index (χ1) is 11.9. The van der Waals surface area contributed by atoms with Gasteiger partial charge in [0, 0.05) is 26.7 Å². The predicted molar refractivity (Wildman–Crippen MR) is 98.6 cm³/mol. The van der Waals surface area contributed by atoms with Gasteiger partial charge in [-0.3, -0.25) is 9.08 Å². The number of nitrogens with zero attached hydrogens (tertiary/aromatic N) is 1. The van der Waals surface area contributed by atoms with Crippen LogP contribution in [0.4, 0.5) is 4.79 Å². The summed E-state index contributed by atoms with van der Waals surface area (Å²) in [6.45, 7) is 9.68. The highest BCUT2D eigenvalue weighted by Crippen LogP contribution is 2.15. The number of methoxy groups -OCH3 is 1. The third-order valence-electron chi connectivity index (χ3n) is 3.40. The molecule has 0 aromatic heterocycles. The average molecular weight is 399 g/mol. The van der Waals surface area contributed by atoms with Crippen LogP contribution in [0.15, 0.2) is 0 Å². The molecule has 156 valence electrons. The monoisotopic (exact) mass is 398 g/mol. The molecule has 2 atom stereocenters. The van der Waals surface area contributed by atoms with Crippen LogP contribution in [0, 0.1) is 0 Å². The number of aliphatic hydroxyl groups is 1. The van der Waals surface area contributed by atoms with E-state index in [4.69, 9.17) is 14.6 Å². The molecule has 1 heterocycles. The van der Waals surface area contributed by atoms with Gasteiger partial charge in [0.05, 0.1) is 31.6 Å². The van der Waals surface area contributed by atoms with Crippen molar-refractivity contribution in [2.24, 2.45) is 0 Å². The van der Waals surface area contributed by atoms with E-state index in [1.54, 1.807) is 14.0 Å². The molecule has 1 fully saturated rings. The molecule has 0 radical (unpaired) electrons. The van der Waals surface area contributed by atoms with Crippen molar-refractivity contribution in [1.82, 2.24) is 10.2 Å². The summed E-state index contributed by atoms with van der Waals surface area (Å²) < 4.78 is 34.9. The Morgan fingerprint density at radius 3 is 2.35 bits per heavy atom. The minimum absolute atomic E-state index is 0.0465. The van der Waals surface area contributed by atoms with Crippen LogP contribution in [0.1, 0.15) is 34.1 Å². The lowest BCUT2D eigenvalue weighted by Crippen LogP contribution is -2.55. The van der Waals surface area contributed by atoms with E-state index in [-0.39, 0.29) is 25.4 Å². The highest BCUT2D eigenvalue weighted by Gasteiger charge is 2.31. The Morgan fingerprint density at radius 1 is 1.35 bits per heavy atom. The molecule has 0 aliphatic carbocycles. The van der Waals surface area contributed by atoms with E-state index in [0.717, 1.165) is 19.2 Å². The second-order valence-electron chi connectivity index (χ2n) is 6.95. The summed E-state index contributed by atoms with van der Waals surface area (Å²) in [5.74, 6) is 0. The van der Waals surface area contributed by atoms with E-state index in [1.807, 2.05) is 20.8 Å². The van der Waals surface area contributed by atoms with Gasteiger partial charge < -0.3 is 19.9 Å². The van der Waals surface area contributed by atoms with E-state index in [0.29, 0.717) is 13.1 Å². The SMILES string of the molecule is CCOS(C)(=O)=O.CO[C@@H]1CN(CCO)CC[C@@H]1NC(=O)OC(C)(C)C. The molecule has 0 bridgehead atoms. The fourth-order valence-corrected chi connectivity index (χ4v) is 2.83. The van der Waals surface area contributed by atoms with Crippen molar-refractivity contribution in [3.63, 3.8) is 0 Å². The fraction of sp³-hybridized carbons (Fsp3) is 0.938. The van der Waals surface area contributed by atoms with E-state index >= 15 is 0 Å². The van der Waals surface area contributed by atoms with Gasteiger partial charge >= 0.3 is 6.09 Å². The second kappa shape index (κ2) is 11.7. The first-order valence-corrected chi connectivity index (χ1v) is 10.4. The molecular weight excluding hydrogens is 364 g/mol. The van der Waals surface area contributed by atoms with Gasteiger partial charge in [-0.05, 0) is 34.1 Å². The summed E-state index contributed by atoms with van der Waals surface area (Å²) in [6, 6.07) is -0.0465. The average Bonchev–Trinajstić information content (AvgIpc) is 2.46. The molecule has 1 saturated heterocycles. The maximum Gasteiger partial charge on any atom is 0.407 e. The fourth-order valence-electron chi connectivity index (χ4n) is 2.40. The molecule has 26 heavy (non-hydrogen) atoms. The molecule has 1 aliphatic rings. The maximum absolute atomic E-state index is 11.8. The van der Waals surface area contributed by atoms with Crippen LogP contribution in [0.5, 0.6) is 0 Å². The zero-order valence-corrected chi connectivity index (χ0v) is 17.5. The number of β-amino-alcohol motifs (C(OH)–C–C–N with tert-alkyl or cyclic N) is 1. The molecule has 0 aromatic rings. The smallest absolute Gasteiger partial charge is 0.407 e. The van der Waals surface area contributed by atoms with Gasteiger partial charge in [0.2, 0.25) is 0 Å². The highest BCUT2D eigenvalue weighted by molar-refractivity contribution is 7.85. The molecule has 1 amide bonds. The number of aliphatic hydroxyl groups excluding tert-OH is 1. The van der Waals surface area contributed by atoms with Gasteiger partial charge in [-0.2, -0.15) is 8.42 Å². The lowest BCUT2D eigenvalue weighted by molar-refractivity contribution is -0.00565. The van der Waals surface area contributed by atoms with Crippen LogP contribution in [0.3, 0.4) is 0 Å². The van der Waals surface area contributed by atoms with Crippen molar-refractivity contribution in [1.29, 1.82) is 0 Å².